The molecule has 2 unspecified atom stereocenters. The predicted molar refractivity (Wildman–Crippen MR) is 61.5 cm³/mol. The van der Waals surface area contributed by atoms with Crippen LogP contribution < -0.4 is 16.4 Å². The Morgan fingerprint density at radius 3 is 2.83 bits per heavy atom. The van der Waals surface area contributed by atoms with E-state index in [9.17, 15) is 14.4 Å². The molecule has 0 spiro atoms. The van der Waals surface area contributed by atoms with Gasteiger partial charge in [0.2, 0.25) is 17.7 Å². The minimum atomic E-state index is -0.791. The number of nitrogens with zero attached hydrogens (tertiary/aromatic N) is 1. The molecule has 0 aromatic heterocycles. The third kappa shape index (κ3) is 3.19. The molecular weight excluding hydrogens is 240 g/mol. The summed E-state index contributed by atoms with van der Waals surface area (Å²) in [4.78, 5) is 34.2. The molecule has 2 atom stereocenters. The van der Waals surface area contributed by atoms with Gasteiger partial charge in [0, 0.05) is 6.42 Å². The Balaban J connectivity index is 2.64. The lowest BCUT2D eigenvalue weighted by Crippen LogP contribution is -2.54. The molecular formula is C10H16N4O4. The van der Waals surface area contributed by atoms with E-state index >= 15 is 0 Å². The highest BCUT2D eigenvalue weighted by Crippen LogP contribution is 2.08. The molecule has 3 amide bonds. The number of carbonyl (C=O) groups is 3. The van der Waals surface area contributed by atoms with Gasteiger partial charge in [-0.15, -0.1) is 0 Å². The number of amides is 3. The van der Waals surface area contributed by atoms with Crippen molar-refractivity contribution in [1.82, 2.24) is 10.6 Å². The molecule has 1 fully saturated rings. The predicted octanol–water partition coefficient (Wildman–Crippen LogP) is -1.32. The molecule has 1 heterocycles. The van der Waals surface area contributed by atoms with Crippen molar-refractivity contribution >= 4 is 23.6 Å². The van der Waals surface area contributed by atoms with Gasteiger partial charge in [-0.25, -0.2) is 0 Å². The summed E-state index contributed by atoms with van der Waals surface area (Å²) in [5.74, 6) is -2.38. The van der Waals surface area contributed by atoms with Crippen LogP contribution in [-0.4, -0.2) is 34.8 Å². The molecule has 0 bridgehead atoms. The Bertz CT molecular complexity index is 393. The van der Waals surface area contributed by atoms with Gasteiger partial charge in [-0.1, -0.05) is 12.1 Å². The highest BCUT2D eigenvalue weighted by molar-refractivity contribution is 6.05. The number of hydrogen-bond donors (Lipinski definition) is 4. The molecule has 18 heavy (non-hydrogen) atoms. The lowest BCUT2D eigenvalue weighted by Gasteiger charge is -2.23. The van der Waals surface area contributed by atoms with Gasteiger partial charge in [0.05, 0.1) is 5.92 Å². The number of hydrogen-bond acceptors (Lipinski definition) is 5. The Hall–Kier alpha value is -2.12. The van der Waals surface area contributed by atoms with Gasteiger partial charge < -0.3 is 16.3 Å². The SMILES string of the molecule is CCC(C(=O)NC1CCC(=O)NC1=O)C(N)=NO. The van der Waals surface area contributed by atoms with Crippen molar-refractivity contribution in [3.8, 4) is 0 Å². The summed E-state index contributed by atoms with van der Waals surface area (Å²) < 4.78 is 0. The van der Waals surface area contributed by atoms with Gasteiger partial charge in [-0.2, -0.15) is 0 Å². The molecule has 1 rings (SSSR count). The summed E-state index contributed by atoms with van der Waals surface area (Å²) in [6, 6.07) is -0.754. The zero-order chi connectivity index (χ0) is 13.7. The highest BCUT2D eigenvalue weighted by Gasteiger charge is 2.30. The molecule has 1 aliphatic heterocycles. The van der Waals surface area contributed by atoms with E-state index in [1.807, 2.05) is 0 Å². The summed E-state index contributed by atoms with van der Waals surface area (Å²) in [5, 5.41) is 15.9. The quantitative estimate of drug-likeness (QED) is 0.163. The average molecular weight is 256 g/mol. The third-order valence-electron chi connectivity index (χ3n) is 2.75. The molecule has 0 radical (unpaired) electrons. The van der Waals surface area contributed by atoms with Gasteiger partial charge in [0.1, 0.15) is 6.04 Å². The number of oxime groups is 1. The number of piperidine rings is 1. The van der Waals surface area contributed by atoms with E-state index in [0.29, 0.717) is 6.42 Å². The van der Waals surface area contributed by atoms with Crippen molar-refractivity contribution in [2.75, 3.05) is 0 Å². The fourth-order valence-electron chi connectivity index (χ4n) is 1.70. The molecule has 8 nitrogen and oxygen atoms in total. The van der Waals surface area contributed by atoms with Crippen LogP contribution in [-0.2, 0) is 14.4 Å². The van der Waals surface area contributed by atoms with Crippen LogP contribution in [0, 0.1) is 5.92 Å². The fourth-order valence-corrected chi connectivity index (χ4v) is 1.70. The third-order valence-corrected chi connectivity index (χ3v) is 2.75. The smallest absolute Gasteiger partial charge is 0.249 e. The first-order valence-electron chi connectivity index (χ1n) is 5.61. The zero-order valence-electron chi connectivity index (χ0n) is 9.97. The Morgan fingerprint density at radius 2 is 2.33 bits per heavy atom. The van der Waals surface area contributed by atoms with E-state index in [2.05, 4.69) is 15.8 Å². The summed E-state index contributed by atoms with van der Waals surface area (Å²) in [5.41, 5.74) is 5.37. The van der Waals surface area contributed by atoms with Crippen molar-refractivity contribution in [3.05, 3.63) is 0 Å². The van der Waals surface area contributed by atoms with Gasteiger partial charge in [0.25, 0.3) is 0 Å². The molecule has 0 aromatic carbocycles. The summed E-state index contributed by atoms with van der Waals surface area (Å²) in [7, 11) is 0. The van der Waals surface area contributed by atoms with Gasteiger partial charge in [-0.05, 0) is 12.8 Å². The standard InChI is InChI=1S/C10H16N4O4/c1-2-5(8(11)14-18)9(16)12-6-3-4-7(15)13-10(6)17/h5-6,18H,2-4H2,1H3,(H2,11,14)(H,12,16)(H,13,15,17). The van der Waals surface area contributed by atoms with E-state index < -0.39 is 23.8 Å². The van der Waals surface area contributed by atoms with Gasteiger partial charge in [0.15, 0.2) is 5.84 Å². The van der Waals surface area contributed by atoms with Crippen LogP contribution in [0.2, 0.25) is 0 Å². The van der Waals surface area contributed by atoms with E-state index in [1.165, 1.54) is 0 Å². The average Bonchev–Trinajstić information content (AvgIpc) is 2.33. The van der Waals surface area contributed by atoms with Crippen LogP contribution in [0.3, 0.4) is 0 Å². The van der Waals surface area contributed by atoms with Crippen LogP contribution in [0.15, 0.2) is 5.16 Å². The topological polar surface area (TPSA) is 134 Å². The fraction of sp³-hybridized carbons (Fsp3) is 0.600. The van der Waals surface area contributed by atoms with Crippen molar-refractivity contribution in [2.45, 2.75) is 32.2 Å². The van der Waals surface area contributed by atoms with E-state index in [-0.39, 0.29) is 24.6 Å². The van der Waals surface area contributed by atoms with Crippen molar-refractivity contribution in [2.24, 2.45) is 16.8 Å². The molecule has 0 aromatic rings. The van der Waals surface area contributed by atoms with E-state index in [1.54, 1.807) is 6.92 Å². The lowest BCUT2D eigenvalue weighted by atomic mass is 10.0. The van der Waals surface area contributed by atoms with Crippen molar-refractivity contribution in [3.63, 3.8) is 0 Å². The lowest BCUT2D eigenvalue weighted by molar-refractivity contribution is -0.137. The van der Waals surface area contributed by atoms with E-state index in [0.717, 1.165) is 0 Å². The number of nitrogens with one attached hydrogen (secondary N) is 2. The molecule has 0 aliphatic carbocycles. The summed E-state index contributed by atoms with van der Waals surface area (Å²) >= 11 is 0. The van der Waals surface area contributed by atoms with Crippen molar-refractivity contribution in [1.29, 1.82) is 0 Å². The normalized spacial score (nSPS) is 22.3. The molecule has 1 saturated heterocycles. The monoisotopic (exact) mass is 256 g/mol. The minimum Gasteiger partial charge on any atom is -0.409 e. The second-order valence-electron chi connectivity index (χ2n) is 4.00. The zero-order valence-corrected chi connectivity index (χ0v) is 9.97. The second-order valence-corrected chi connectivity index (χ2v) is 4.00. The summed E-state index contributed by atoms with van der Waals surface area (Å²) in [6.07, 6.45) is 0.773. The van der Waals surface area contributed by atoms with E-state index in [4.69, 9.17) is 10.9 Å². The van der Waals surface area contributed by atoms with Crippen LogP contribution in [0.1, 0.15) is 26.2 Å². The Morgan fingerprint density at radius 1 is 1.67 bits per heavy atom. The molecule has 5 N–H and O–H groups in total. The molecule has 100 valence electrons. The molecule has 1 aliphatic rings. The number of carbonyl (C=O) groups excluding carboxylic acids is 3. The molecule has 0 saturated carbocycles. The van der Waals surface area contributed by atoms with Crippen LogP contribution >= 0.6 is 0 Å². The first kappa shape index (κ1) is 13.9. The van der Waals surface area contributed by atoms with Gasteiger partial charge >= 0.3 is 0 Å². The largest absolute Gasteiger partial charge is 0.409 e. The number of imide groups is 1. The minimum absolute atomic E-state index is 0.178. The summed E-state index contributed by atoms with van der Waals surface area (Å²) in [6.45, 7) is 1.70. The molecule has 8 heteroatoms. The second kappa shape index (κ2) is 5.99. The Labute approximate surface area is 104 Å². The van der Waals surface area contributed by atoms with Crippen LogP contribution in [0.25, 0.3) is 0 Å². The Kier molecular flexibility index (Phi) is 4.64. The highest BCUT2D eigenvalue weighted by atomic mass is 16.4. The maximum atomic E-state index is 11.8. The first-order valence-corrected chi connectivity index (χ1v) is 5.61. The maximum absolute atomic E-state index is 11.8. The van der Waals surface area contributed by atoms with Crippen LogP contribution in [0.4, 0.5) is 0 Å². The van der Waals surface area contributed by atoms with Crippen molar-refractivity contribution < 1.29 is 19.6 Å². The number of rotatable bonds is 4. The number of nitrogens with two attached hydrogens (primary N) is 1. The first-order chi connectivity index (χ1) is 8.49. The number of amidine groups is 1. The van der Waals surface area contributed by atoms with Crippen LogP contribution in [0.5, 0.6) is 0 Å². The van der Waals surface area contributed by atoms with Gasteiger partial charge in [-0.3, -0.25) is 19.7 Å². The maximum Gasteiger partial charge on any atom is 0.249 e.